The van der Waals surface area contributed by atoms with Crippen molar-refractivity contribution in [2.24, 2.45) is 0 Å². The molecule has 0 fully saturated rings. The van der Waals surface area contributed by atoms with E-state index in [0.29, 0.717) is 16.9 Å². The second kappa shape index (κ2) is 5.96. The Labute approximate surface area is 137 Å². The van der Waals surface area contributed by atoms with Gasteiger partial charge in [-0.15, -0.1) is 0 Å². The minimum Gasteiger partial charge on any atom is -0.423 e. The molecular weight excluding hydrogens is 304 g/mol. The number of fused-ring (bicyclic) bond motifs is 1. The molecule has 0 radical (unpaired) electrons. The summed E-state index contributed by atoms with van der Waals surface area (Å²) >= 11 is 0. The summed E-state index contributed by atoms with van der Waals surface area (Å²) < 4.78 is 10.7. The van der Waals surface area contributed by atoms with Crippen LogP contribution in [0.3, 0.4) is 0 Å². The van der Waals surface area contributed by atoms with Gasteiger partial charge in [0.2, 0.25) is 0 Å². The molecule has 5 heteroatoms. The van der Waals surface area contributed by atoms with Gasteiger partial charge in [0, 0.05) is 29.4 Å². The van der Waals surface area contributed by atoms with Crippen molar-refractivity contribution in [3.63, 3.8) is 0 Å². The van der Waals surface area contributed by atoms with Gasteiger partial charge >= 0.3 is 5.97 Å². The topological polar surface area (TPSA) is 65.2 Å². The smallest absolute Gasteiger partial charge is 0.343 e. The molecule has 0 unspecified atom stereocenters. The average Bonchev–Trinajstić information content (AvgIpc) is 3.06. The van der Waals surface area contributed by atoms with Crippen LogP contribution in [0.25, 0.3) is 22.2 Å². The van der Waals surface area contributed by atoms with E-state index in [2.05, 4.69) is 10.1 Å². The van der Waals surface area contributed by atoms with Crippen molar-refractivity contribution in [2.75, 3.05) is 0 Å². The first-order valence-corrected chi connectivity index (χ1v) is 7.38. The van der Waals surface area contributed by atoms with Crippen LogP contribution >= 0.6 is 0 Å². The molecule has 0 aliphatic heterocycles. The van der Waals surface area contributed by atoms with Crippen molar-refractivity contribution < 1.29 is 14.1 Å². The number of esters is 1. The molecule has 116 valence electrons. The molecule has 0 spiro atoms. The highest BCUT2D eigenvalue weighted by Crippen LogP contribution is 2.30. The van der Waals surface area contributed by atoms with Gasteiger partial charge in [-0.25, -0.2) is 4.79 Å². The summed E-state index contributed by atoms with van der Waals surface area (Å²) in [4.78, 5) is 16.0. The summed E-state index contributed by atoms with van der Waals surface area (Å²) in [6, 6.07) is 18.2. The van der Waals surface area contributed by atoms with Crippen LogP contribution in [0.1, 0.15) is 10.4 Å². The molecule has 0 bridgehead atoms. The van der Waals surface area contributed by atoms with E-state index < -0.39 is 5.97 Å². The lowest BCUT2D eigenvalue weighted by atomic mass is 10.1. The zero-order valence-electron chi connectivity index (χ0n) is 12.5. The number of hydrogen-bond donors (Lipinski definition) is 0. The van der Waals surface area contributed by atoms with E-state index in [4.69, 9.17) is 9.26 Å². The Morgan fingerprint density at radius 3 is 2.54 bits per heavy atom. The van der Waals surface area contributed by atoms with E-state index in [-0.39, 0.29) is 0 Å². The zero-order valence-corrected chi connectivity index (χ0v) is 12.5. The van der Waals surface area contributed by atoms with E-state index in [9.17, 15) is 4.79 Å². The summed E-state index contributed by atoms with van der Waals surface area (Å²) in [5.74, 6) is -0.0420. The standard InChI is InChI=1S/C19H12N2O3/c22-19(14-8-10-20-11-9-14)23-15-6-7-16-17(12-15)24-21-18(16)13-4-2-1-3-5-13/h1-12H. The lowest BCUT2D eigenvalue weighted by Gasteiger charge is -2.03. The van der Waals surface area contributed by atoms with E-state index in [1.165, 1.54) is 0 Å². The van der Waals surface area contributed by atoms with Crippen LogP contribution in [0.2, 0.25) is 0 Å². The number of ether oxygens (including phenoxy) is 1. The molecule has 0 aliphatic rings. The predicted octanol–water partition coefficient (Wildman–Crippen LogP) is 4.11. The van der Waals surface area contributed by atoms with Crippen LogP contribution in [0, 0.1) is 0 Å². The molecule has 0 saturated heterocycles. The van der Waals surface area contributed by atoms with Gasteiger partial charge in [-0.05, 0) is 24.3 Å². The van der Waals surface area contributed by atoms with Gasteiger partial charge in [0.25, 0.3) is 0 Å². The number of carbonyl (C=O) groups is 1. The average molecular weight is 316 g/mol. The van der Waals surface area contributed by atoms with Crippen molar-refractivity contribution in [2.45, 2.75) is 0 Å². The molecule has 0 aliphatic carbocycles. The highest BCUT2D eigenvalue weighted by atomic mass is 16.5. The highest BCUT2D eigenvalue weighted by Gasteiger charge is 2.13. The van der Waals surface area contributed by atoms with Gasteiger partial charge in [-0.3, -0.25) is 4.98 Å². The molecule has 24 heavy (non-hydrogen) atoms. The fourth-order valence-electron chi connectivity index (χ4n) is 2.44. The largest absolute Gasteiger partial charge is 0.423 e. The minimum absolute atomic E-state index is 0.403. The number of carbonyl (C=O) groups excluding carboxylic acids is 1. The van der Waals surface area contributed by atoms with Crippen molar-refractivity contribution in [1.82, 2.24) is 10.1 Å². The van der Waals surface area contributed by atoms with Crippen LogP contribution in [0.5, 0.6) is 5.75 Å². The Morgan fingerprint density at radius 1 is 0.958 bits per heavy atom. The third-order valence-corrected chi connectivity index (χ3v) is 3.62. The van der Waals surface area contributed by atoms with E-state index >= 15 is 0 Å². The third-order valence-electron chi connectivity index (χ3n) is 3.62. The zero-order chi connectivity index (χ0) is 16.4. The second-order valence-electron chi connectivity index (χ2n) is 5.18. The van der Waals surface area contributed by atoms with E-state index in [0.717, 1.165) is 16.6 Å². The summed E-state index contributed by atoms with van der Waals surface area (Å²) in [6.45, 7) is 0. The van der Waals surface area contributed by atoms with Crippen LogP contribution in [0.4, 0.5) is 0 Å². The van der Waals surface area contributed by atoms with Gasteiger partial charge < -0.3 is 9.26 Å². The molecular formula is C19H12N2O3. The molecule has 4 aromatic rings. The first-order valence-electron chi connectivity index (χ1n) is 7.38. The minimum atomic E-state index is -0.445. The molecule has 5 nitrogen and oxygen atoms in total. The van der Waals surface area contributed by atoms with Gasteiger partial charge in [0.05, 0.1) is 5.56 Å². The Bertz CT molecular complexity index is 995. The van der Waals surface area contributed by atoms with Gasteiger partial charge in [0.1, 0.15) is 11.4 Å². The van der Waals surface area contributed by atoms with Gasteiger partial charge in [0.15, 0.2) is 5.58 Å². The Hall–Kier alpha value is -3.47. The first kappa shape index (κ1) is 14.1. The first-order chi connectivity index (χ1) is 11.8. The molecule has 0 amide bonds. The van der Waals surface area contributed by atoms with Crippen LogP contribution in [-0.4, -0.2) is 16.1 Å². The molecule has 2 aromatic carbocycles. The summed E-state index contributed by atoms with van der Waals surface area (Å²) in [7, 11) is 0. The maximum absolute atomic E-state index is 12.1. The fourth-order valence-corrected chi connectivity index (χ4v) is 2.44. The maximum Gasteiger partial charge on any atom is 0.343 e. The number of hydrogen-bond acceptors (Lipinski definition) is 5. The molecule has 0 N–H and O–H groups in total. The monoisotopic (exact) mass is 316 g/mol. The fraction of sp³-hybridized carbons (Fsp3) is 0. The lowest BCUT2D eigenvalue weighted by Crippen LogP contribution is -2.08. The number of rotatable bonds is 3. The normalized spacial score (nSPS) is 10.7. The molecule has 0 saturated carbocycles. The lowest BCUT2D eigenvalue weighted by molar-refractivity contribution is 0.0735. The molecule has 2 aromatic heterocycles. The SMILES string of the molecule is O=C(Oc1ccc2c(-c3ccccc3)noc2c1)c1ccncc1. The van der Waals surface area contributed by atoms with Crippen molar-refractivity contribution in [3.05, 3.63) is 78.6 Å². The Kier molecular flexibility index (Phi) is 3.51. The molecule has 4 rings (SSSR count). The van der Waals surface area contributed by atoms with Crippen LogP contribution in [0.15, 0.2) is 77.6 Å². The maximum atomic E-state index is 12.1. The summed E-state index contributed by atoms with van der Waals surface area (Å²) in [5, 5.41) is 4.99. The number of pyridine rings is 1. The van der Waals surface area contributed by atoms with Crippen molar-refractivity contribution in [3.8, 4) is 17.0 Å². The molecule has 2 heterocycles. The Balaban J connectivity index is 1.64. The van der Waals surface area contributed by atoms with Crippen molar-refractivity contribution in [1.29, 1.82) is 0 Å². The van der Waals surface area contributed by atoms with Gasteiger partial charge in [-0.1, -0.05) is 35.5 Å². The third kappa shape index (κ3) is 2.63. The van der Waals surface area contributed by atoms with Crippen LogP contribution in [-0.2, 0) is 0 Å². The number of benzene rings is 2. The Morgan fingerprint density at radius 2 is 1.75 bits per heavy atom. The van der Waals surface area contributed by atoms with E-state index in [1.807, 2.05) is 36.4 Å². The number of nitrogens with zero attached hydrogens (tertiary/aromatic N) is 2. The number of aromatic nitrogens is 2. The second-order valence-corrected chi connectivity index (χ2v) is 5.18. The molecule has 0 atom stereocenters. The quantitative estimate of drug-likeness (QED) is 0.420. The van der Waals surface area contributed by atoms with Crippen molar-refractivity contribution >= 4 is 16.9 Å². The van der Waals surface area contributed by atoms with Gasteiger partial charge in [-0.2, -0.15) is 0 Å². The van der Waals surface area contributed by atoms with E-state index in [1.54, 1.807) is 36.7 Å². The summed E-state index contributed by atoms with van der Waals surface area (Å²) in [5.41, 5.74) is 2.73. The highest BCUT2D eigenvalue weighted by molar-refractivity contribution is 5.94. The summed E-state index contributed by atoms with van der Waals surface area (Å²) in [6.07, 6.45) is 3.09. The van der Waals surface area contributed by atoms with Crippen LogP contribution < -0.4 is 4.74 Å². The predicted molar refractivity (Wildman–Crippen MR) is 88.6 cm³/mol.